The van der Waals surface area contributed by atoms with Crippen LogP contribution in [0.15, 0.2) is 42.7 Å². The molecule has 30 heavy (non-hydrogen) atoms. The highest BCUT2D eigenvalue weighted by atomic mass is 19.1. The molecule has 6 nitrogen and oxygen atoms in total. The van der Waals surface area contributed by atoms with Gasteiger partial charge >= 0.3 is 0 Å². The number of pyridine rings is 1. The lowest BCUT2D eigenvalue weighted by Crippen LogP contribution is -2.54. The highest BCUT2D eigenvalue weighted by Crippen LogP contribution is 2.30. The normalized spacial score (nSPS) is 17.4. The molecule has 3 aromatic rings. The van der Waals surface area contributed by atoms with Crippen LogP contribution in [0.4, 0.5) is 15.9 Å². The van der Waals surface area contributed by atoms with Crippen LogP contribution in [0.1, 0.15) is 24.8 Å². The number of aromatic amines is 1. The maximum Gasteiger partial charge on any atom is 0.152 e. The van der Waals surface area contributed by atoms with Crippen molar-refractivity contribution >= 4 is 22.4 Å². The number of benzene rings is 1. The molecular formula is C23H29FN6. The number of nitrogens with zero attached hydrogens (tertiary/aromatic N) is 4. The number of halogens is 1. The summed E-state index contributed by atoms with van der Waals surface area (Å²) in [5, 5.41) is 9.16. The van der Waals surface area contributed by atoms with E-state index < -0.39 is 0 Å². The molecule has 1 saturated heterocycles. The number of piperazine rings is 1. The van der Waals surface area contributed by atoms with E-state index in [9.17, 15) is 4.39 Å². The summed E-state index contributed by atoms with van der Waals surface area (Å²) < 4.78 is 13.5. The molecule has 0 aliphatic carbocycles. The van der Waals surface area contributed by atoms with Crippen molar-refractivity contribution < 1.29 is 4.39 Å². The Bertz CT molecular complexity index is 994. The summed E-state index contributed by atoms with van der Waals surface area (Å²) >= 11 is 0. The summed E-state index contributed by atoms with van der Waals surface area (Å²) in [4.78, 5) is 10.2. The third-order valence-electron chi connectivity index (χ3n) is 6.30. The molecule has 2 aliphatic heterocycles. The minimum absolute atomic E-state index is 0.160. The van der Waals surface area contributed by atoms with Crippen molar-refractivity contribution in [3.8, 4) is 0 Å². The second-order valence-corrected chi connectivity index (χ2v) is 8.22. The molecule has 2 aliphatic rings. The number of anilines is 2. The van der Waals surface area contributed by atoms with Gasteiger partial charge in [0.2, 0.25) is 0 Å². The topological polar surface area (TPSA) is 50.4 Å². The SMILES string of the molecule is Fc1ccc2[nH]cc(CCCCCN3CCN(N4CNc5ncccc54)CC3)c2c1. The van der Waals surface area contributed by atoms with Crippen LogP contribution >= 0.6 is 0 Å². The molecule has 158 valence electrons. The van der Waals surface area contributed by atoms with Gasteiger partial charge in [0.25, 0.3) is 0 Å². The Kier molecular flexibility index (Phi) is 5.55. The highest BCUT2D eigenvalue weighted by Gasteiger charge is 2.27. The fourth-order valence-electron chi connectivity index (χ4n) is 4.62. The standard InChI is InChI=1S/C23H29FN6/c24-19-7-8-21-20(15-19)18(16-26-21)5-2-1-3-10-28-11-13-29(14-12-28)30-17-27-23-22(30)6-4-9-25-23/h4,6-9,15-16,26H,1-3,5,10-14,17H2,(H,25,27). The lowest BCUT2D eigenvalue weighted by Gasteiger charge is -2.40. The molecule has 0 unspecified atom stereocenters. The van der Waals surface area contributed by atoms with Crippen molar-refractivity contribution in [1.82, 2.24) is 19.9 Å². The zero-order valence-electron chi connectivity index (χ0n) is 17.3. The molecule has 0 bridgehead atoms. The van der Waals surface area contributed by atoms with Crippen LogP contribution in [0, 0.1) is 5.82 Å². The van der Waals surface area contributed by atoms with Crippen molar-refractivity contribution in [2.24, 2.45) is 0 Å². The van der Waals surface area contributed by atoms with E-state index in [1.807, 2.05) is 24.5 Å². The summed E-state index contributed by atoms with van der Waals surface area (Å²) in [6.45, 7) is 6.28. The number of rotatable bonds is 7. The Morgan fingerprint density at radius 3 is 2.83 bits per heavy atom. The fraction of sp³-hybridized carbons (Fsp3) is 0.435. The molecule has 4 heterocycles. The maximum absolute atomic E-state index is 13.5. The van der Waals surface area contributed by atoms with Gasteiger partial charge in [0.05, 0.1) is 5.69 Å². The van der Waals surface area contributed by atoms with Crippen molar-refractivity contribution in [3.05, 3.63) is 54.1 Å². The van der Waals surface area contributed by atoms with E-state index >= 15 is 0 Å². The van der Waals surface area contributed by atoms with Crippen LogP contribution in [0.2, 0.25) is 0 Å². The summed E-state index contributed by atoms with van der Waals surface area (Å²) in [5.74, 6) is 0.824. The molecule has 0 spiro atoms. The number of aryl methyl sites for hydroxylation is 1. The average Bonchev–Trinajstić information content (AvgIpc) is 3.38. The number of nitrogens with one attached hydrogen (secondary N) is 2. The molecule has 5 rings (SSSR count). The van der Waals surface area contributed by atoms with Gasteiger partial charge in [-0.05, 0) is 61.7 Å². The van der Waals surface area contributed by atoms with Crippen LogP contribution in [0.3, 0.4) is 0 Å². The molecule has 7 heteroatoms. The molecule has 2 aromatic heterocycles. The summed E-state index contributed by atoms with van der Waals surface area (Å²) in [6, 6.07) is 9.11. The predicted molar refractivity (Wildman–Crippen MR) is 119 cm³/mol. The first-order valence-electron chi connectivity index (χ1n) is 11.0. The van der Waals surface area contributed by atoms with Crippen LogP contribution in [0.5, 0.6) is 0 Å². The Balaban J connectivity index is 1.03. The van der Waals surface area contributed by atoms with Crippen LogP contribution in [0.25, 0.3) is 10.9 Å². The first-order valence-corrected chi connectivity index (χ1v) is 11.0. The quantitative estimate of drug-likeness (QED) is 0.582. The number of fused-ring (bicyclic) bond motifs is 2. The largest absolute Gasteiger partial charge is 0.361 e. The first kappa shape index (κ1) is 19.3. The zero-order chi connectivity index (χ0) is 20.3. The molecule has 0 amide bonds. The van der Waals surface area contributed by atoms with E-state index in [2.05, 4.69) is 36.3 Å². The van der Waals surface area contributed by atoms with Gasteiger partial charge in [0.15, 0.2) is 5.82 Å². The second-order valence-electron chi connectivity index (χ2n) is 8.22. The van der Waals surface area contributed by atoms with Gasteiger partial charge in [-0.3, -0.25) is 5.01 Å². The summed E-state index contributed by atoms with van der Waals surface area (Å²) in [5.41, 5.74) is 3.44. The summed E-state index contributed by atoms with van der Waals surface area (Å²) in [6.07, 6.45) is 8.44. The number of H-pyrrole nitrogens is 1. The van der Waals surface area contributed by atoms with Crippen molar-refractivity contribution in [3.63, 3.8) is 0 Å². The third kappa shape index (κ3) is 4.00. The smallest absolute Gasteiger partial charge is 0.152 e. The molecule has 0 radical (unpaired) electrons. The van der Waals surface area contributed by atoms with Gasteiger partial charge in [-0.25, -0.2) is 14.4 Å². The molecular weight excluding hydrogens is 379 g/mol. The zero-order valence-corrected chi connectivity index (χ0v) is 17.3. The average molecular weight is 409 g/mol. The van der Waals surface area contributed by atoms with Gasteiger partial charge < -0.3 is 15.2 Å². The lowest BCUT2D eigenvalue weighted by atomic mass is 10.1. The van der Waals surface area contributed by atoms with E-state index in [0.29, 0.717) is 0 Å². The van der Waals surface area contributed by atoms with Crippen LogP contribution in [-0.4, -0.2) is 59.3 Å². The first-order chi connectivity index (χ1) is 14.8. The Labute approximate surface area is 176 Å². The highest BCUT2D eigenvalue weighted by molar-refractivity contribution is 5.83. The van der Waals surface area contributed by atoms with E-state index in [1.54, 1.807) is 6.07 Å². The van der Waals surface area contributed by atoms with E-state index in [4.69, 9.17) is 0 Å². The minimum atomic E-state index is -0.160. The fourth-order valence-corrected chi connectivity index (χ4v) is 4.62. The number of aromatic nitrogens is 2. The number of hydrazine groups is 1. The Morgan fingerprint density at radius 1 is 1.03 bits per heavy atom. The number of unbranched alkanes of at least 4 members (excludes halogenated alkanes) is 2. The van der Waals surface area contributed by atoms with Crippen molar-refractivity contribution in [1.29, 1.82) is 0 Å². The van der Waals surface area contributed by atoms with Gasteiger partial charge in [0.1, 0.15) is 12.5 Å². The summed E-state index contributed by atoms with van der Waals surface area (Å²) in [7, 11) is 0. The third-order valence-corrected chi connectivity index (χ3v) is 6.30. The molecule has 0 saturated carbocycles. The monoisotopic (exact) mass is 408 g/mol. The van der Waals surface area contributed by atoms with Gasteiger partial charge in [-0.1, -0.05) is 6.42 Å². The Morgan fingerprint density at radius 2 is 1.93 bits per heavy atom. The minimum Gasteiger partial charge on any atom is -0.361 e. The van der Waals surface area contributed by atoms with Gasteiger partial charge in [0, 0.05) is 49.5 Å². The molecule has 1 fully saturated rings. The maximum atomic E-state index is 13.5. The van der Waals surface area contributed by atoms with E-state index in [0.717, 1.165) is 69.0 Å². The van der Waals surface area contributed by atoms with E-state index in [-0.39, 0.29) is 5.82 Å². The van der Waals surface area contributed by atoms with Crippen molar-refractivity contribution in [2.45, 2.75) is 25.7 Å². The molecule has 1 aromatic carbocycles. The molecule has 0 atom stereocenters. The Hall–Kier alpha value is -2.64. The van der Waals surface area contributed by atoms with Crippen molar-refractivity contribution in [2.75, 3.05) is 49.7 Å². The van der Waals surface area contributed by atoms with Crippen LogP contribution in [-0.2, 0) is 6.42 Å². The number of hydrogen-bond acceptors (Lipinski definition) is 5. The van der Waals surface area contributed by atoms with Gasteiger partial charge in [-0.2, -0.15) is 0 Å². The van der Waals surface area contributed by atoms with E-state index in [1.165, 1.54) is 30.2 Å². The lowest BCUT2D eigenvalue weighted by molar-refractivity contribution is 0.123. The molecule has 2 N–H and O–H groups in total. The van der Waals surface area contributed by atoms with Crippen LogP contribution < -0.4 is 10.3 Å². The number of hydrogen-bond donors (Lipinski definition) is 2. The second kappa shape index (κ2) is 8.62. The predicted octanol–water partition coefficient (Wildman–Crippen LogP) is 3.84. The van der Waals surface area contributed by atoms with Gasteiger partial charge in [-0.15, -0.1) is 0 Å².